The van der Waals surface area contributed by atoms with E-state index in [0.29, 0.717) is 6.04 Å². The van der Waals surface area contributed by atoms with Crippen LogP contribution in [0.1, 0.15) is 45.1 Å². The molecule has 2 rings (SSSR count). The smallest absolute Gasteiger partial charge is 0.0642 e. The zero-order chi connectivity index (χ0) is 14.7. The predicted octanol–water partition coefficient (Wildman–Crippen LogP) is 4.24. The van der Waals surface area contributed by atoms with Crippen LogP contribution in [0.15, 0.2) is 18.2 Å². The lowest BCUT2D eigenvalue weighted by molar-refractivity contribution is 0.336. The molecule has 2 nitrogen and oxygen atoms in total. The molecule has 0 aliphatic heterocycles. The minimum Gasteiger partial charge on any atom is -0.370 e. The summed E-state index contributed by atoms with van der Waals surface area (Å²) in [5, 5.41) is 0.851. The molecule has 1 aliphatic carbocycles. The van der Waals surface area contributed by atoms with E-state index in [0.717, 1.165) is 23.0 Å². The van der Waals surface area contributed by atoms with Crippen LogP contribution in [0.2, 0.25) is 5.02 Å². The van der Waals surface area contributed by atoms with E-state index in [1.54, 1.807) is 0 Å². The van der Waals surface area contributed by atoms with Crippen molar-refractivity contribution >= 4 is 17.3 Å². The largest absolute Gasteiger partial charge is 0.370 e. The molecule has 0 spiro atoms. The van der Waals surface area contributed by atoms with Gasteiger partial charge in [-0.2, -0.15) is 0 Å². The number of anilines is 1. The number of nitrogens with two attached hydrogens (primary N) is 1. The maximum atomic E-state index is 6.48. The van der Waals surface area contributed by atoms with Gasteiger partial charge in [-0.05, 0) is 49.8 Å². The Balaban J connectivity index is 2.11. The van der Waals surface area contributed by atoms with Crippen LogP contribution < -0.4 is 10.6 Å². The summed E-state index contributed by atoms with van der Waals surface area (Å²) in [5.74, 6) is 0.826. The first-order valence-electron chi connectivity index (χ1n) is 7.74. The lowest BCUT2D eigenvalue weighted by Crippen LogP contribution is -2.35. The lowest BCUT2D eigenvalue weighted by atomic mass is 9.86. The Hall–Kier alpha value is -0.730. The highest BCUT2D eigenvalue weighted by molar-refractivity contribution is 6.33. The zero-order valence-electron chi connectivity index (χ0n) is 12.9. The Kier molecular flexibility index (Phi) is 5.34. The van der Waals surface area contributed by atoms with Gasteiger partial charge in [-0.3, -0.25) is 0 Å². The summed E-state index contributed by atoms with van der Waals surface area (Å²) in [6.07, 6.45) is 6.12. The second kappa shape index (κ2) is 6.82. The summed E-state index contributed by atoms with van der Waals surface area (Å²) >= 11 is 6.48. The molecule has 1 aliphatic rings. The maximum Gasteiger partial charge on any atom is 0.0642 e. The number of hydrogen-bond donors (Lipinski definition) is 1. The van der Waals surface area contributed by atoms with E-state index >= 15 is 0 Å². The average molecular weight is 295 g/mol. The molecule has 3 atom stereocenters. The third kappa shape index (κ3) is 3.89. The van der Waals surface area contributed by atoms with Gasteiger partial charge >= 0.3 is 0 Å². The van der Waals surface area contributed by atoms with E-state index in [1.807, 2.05) is 6.92 Å². The first-order valence-corrected chi connectivity index (χ1v) is 8.12. The van der Waals surface area contributed by atoms with Gasteiger partial charge in [0.15, 0.2) is 0 Å². The van der Waals surface area contributed by atoms with Crippen molar-refractivity contribution in [2.24, 2.45) is 11.7 Å². The molecule has 1 aromatic rings. The van der Waals surface area contributed by atoms with Crippen molar-refractivity contribution in [3.05, 3.63) is 28.8 Å². The van der Waals surface area contributed by atoms with Crippen LogP contribution in [0.4, 0.5) is 5.69 Å². The summed E-state index contributed by atoms with van der Waals surface area (Å²) in [5.41, 5.74) is 8.22. The van der Waals surface area contributed by atoms with E-state index in [4.69, 9.17) is 17.3 Å². The van der Waals surface area contributed by atoms with E-state index in [9.17, 15) is 0 Å². The molecule has 0 saturated heterocycles. The fourth-order valence-electron chi connectivity index (χ4n) is 3.29. The van der Waals surface area contributed by atoms with Gasteiger partial charge in [-0.15, -0.1) is 0 Å². The van der Waals surface area contributed by atoms with Gasteiger partial charge in [0, 0.05) is 19.1 Å². The first kappa shape index (κ1) is 15.7. The highest BCUT2D eigenvalue weighted by Gasteiger charge is 2.23. The highest BCUT2D eigenvalue weighted by Crippen LogP contribution is 2.33. The molecule has 2 N–H and O–H groups in total. The summed E-state index contributed by atoms with van der Waals surface area (Å²) in [6, 6.07) is 7.18. The molecule has 3 heteroatoms. The third-order valence-electron chi connectivity index (χ3n) is 4.41. The summed E-state index contributed by atoms with van der Waals surface area (Å²) in [4.78, 5) is 2.37. The van der Waals surface area contributed by atoms with Gasteiger partial charge in [0.1, 0.15) is 0 Å². The lowest BCUT2D eigenvalue weighted by Gasteiger charge is -2.36. The Bertz CT molecular complexity index is 445. The number of rotatable bonds is 4. The predicted molar refractivity (Wildman–Crippen MR) is 88.6 cm³/mol. The van der Waals surface area contributed by atoms with Crippen LogP contribution >= 0.6 is 11.6 Å². The van der Waals surface area contributed by atoms with Crippen LogP contribution in [0.25, 0.3) is 0 Å². The molecule has 1 aromatic carbocycles. The standard InChI is InChI=1S/C17H27ClN2/c1-12-5-4-6-15(9-12)20(3)17-8-7-14(10-13(2)19)11-16(17)18/h7-8,11-13,15H,4-6,9-10,19H2,1-3H3. The molecule has 0 radical (unpaired) electrons. The fourth-order valence-corrected chi connectivity index (χ4v) is 3.62. The van der Waals surface area contributed by atoms with Crippen LogP contribution in [-0.4, -0.2) is 19.1 Å². The quantitative estimate of drug-likeness (QED) is 0.900. The molecule has 1 fully saturated rings. The Labute approximate surface area is 128 Å². The van der Waals surface area contributed by atoms with Crippen molar-refractivity contribution in [1.29, 1.82) is 0 Å². The molecule has 1 saturated carbocycles. The molecule has 20 heavy (non-hydrogen) atoms. The van der Waals surface area contributed by atoms with Crippen molar-refractivity contribution in [2.75, 3.05) is 11.9 Å². The molecule has 3 unspecified atom stereocenters. The van der Waals surface area contributed by atoms with E-state index in [-0.39, 0.29) is 6.04 Å². The van der Waals surface area contributed by atoms with Crippen LogP contribution in [0, 0.1) is 5.92 Å². The Morgan fingerprint density at radius 2 is 2.15 bits per heavy atom. The Morgan fingerprint density at radius 3 is 2.75 bits per heavy atom. The third-order valence-corrected chi connectivity index (χ3v) is 4.71. The second-order valence-corrected chi connectivity index (χ2v) is 6.91. The first-order chi connectivity index (χ1) is 9.47. The van der Waals surface area contributed by atoms with Gasteiger partial charge < -0.3 is 10.6 Å². The van der Waals surface area contributed by atoms with E-state index < -0.39 is 0 Å². The molecule has 112 valence electrons. The van der Waals surface area contributed by atoms with Crippen molar-refractivity contribution in [2.45, 2.75) is 58.0 Å². The number of nitrogens with zero attached hydrogens (tertiary/aromatic N) is 1. The van der Waals surface area contributed by atoms with Gasteiger partial charge in [-0.1, -0.05) is 37.4 Å². The Morgan fingerprint density at radius 1 is 1.40 bits per heavy atom. The topological polar surface area (TPSA) is 29.3 Å². The van der Waals surface area contributed by atoms with Crippen molar-refractivity contribution in [3.8, 4) is 0 Å². The molecule has 0 bridgehead atoms. The summed E-state index contributed by atoms with van der Waals surface area (Å²) in [7, 11) is 2.18. The molecule has 0 heterocycles. The minimum atomic E-state index is 0.175. The summed E-state index contributed by atoms with van der Waals surface area (Å²) in [6.45, 7) is 4.38. The van der Waals surface area contributed by atoms with E-state index in [2.05, 4.69) is 37.1 Å². The SMILES string of the molecule is CC(N)Cc1ccc(N(C)C2CCCC(C)C2)c(Cl)c1. The zero-order valence-corrected chi connectivity index (χ0v) is 13.7. The van der Waals surface area contributed by atoms with Gasteiger partial charge in [-0.25, -0.2) is 0 Å². The maximum absolute atomic E-state index is 6.48. The molecule has 0 aromatic heterocycles. The fraction of sp³-hybridized carbons (Fsp3) is 0.647. The number of hydrogen-bond acceptors (Lipinski definition) is 2. The van der Waals surface area contributed by atoms with Crippen molar-refractivity contribution < 1.29 is 0 Å². The normalized spacial score (nSPS) is 24.4. The molecular weight excluding hydrogens is 268 g/mol. The van der Waals surface area contributed by atoms with E-state index in [1.165, 1.54) is 31.2 Å². The molecule has 0 amide bonds. The van der Waals surface area contributed by atoms with Crippen molar-refractivity contribution in [1.82, 2.24) is 0 Å². The minimum absolute atomic E-state index is 0.175. The van der Waals surface area contributed by atoms with Gasteiger partial charge in [0.25, 0.3) is 0 Å². The highest BCUT2D eigenvalue weighted by atomic mass is 35.5. The number of benzene rings is 1. The van der Waals surface area contributed by atoms with Crippen LogP contribution in [-0.2, 0) is 6.42 Å². The number of halogens is 1. The van der Waals surface area contributed by atoms with Crippen LogP contribution in [0.3, 0.4) is 0 Å². The average Bonchev–Trinajstić information content (AvgIpc) is 2.37. The van der Waals surface area contributed by atoms with Gasteiger partial charge in [0.05, 0.1) is 10.7 Å². The van der Waals surface area contributed by atoms with Crippen LogP contribution in [0.5, 0.6) is 0 Å². The second-order valence-electron chi connectivity index (χ2n) is 6.50. The monoisotopic (exact) mass is 294 g/mol. The van der Waals surface area contributed by atoms with Gasteiger partial charge in [0.2, 0.25) is 0 Å². The molecular formula is C17H27ClN2. The summed E-state index contributed by atoms with van der Waals surface area (Å²) < 4.78 is 0. The van der Waals surface area contributed by atoms with Crippen molar-refractivity contribution in [3.63, 3.8) is 0 Å².